The van der Waals surface area contributed by atoms with Gasteiger partial charge in [0, 0.05) is 24.0 Å². The van der Waals surface area contributed by atoms with Crippen LogP contribution in [-0.4, -0.2) is 23.2 Å². The quantitative estimate of drug-likeness (QED) is 0.788. The average Bonchev–Trinajstić information content (AvgIpc) is 2.30. The second-order valence-corrected chi connectivity index (χ2v) is 3.58. The Balaban J connectivity index is 2.46. The number of hydrogen-bond acceptors (Lipinski definition) is 3. The van der Waals surface area contributed by atoms with Gasteiger partial charge >= 0.3 is 0 Å². The predicted octanol–water partition coefficient (Wildman–Crippen LogP) is 1.27. The van der Waals surface area contributed by atoms with Crippen molar-refractivity contribution < 1.29 is 5.11 Å². The topological polar surface area (TPSA) is 59.1 Å². The molecule has 0 saturated heterocycles. The number of nitrogens with zero attached hydrogens (tertiary/aromatic N) is 1. The Labute approximate surface area is 88.6 Å². The molecule has 1 aromatic carbocycles. The van der Waals surface area contributed by atoms with E-state index in [1.54, 1.807) is 6.20 Å². The number of aliphatic hydroxyl groups is 1. The summed E-state index contributed by atoms with van der Waals surface area (Å²) >= 11 is 0. The molecular weight excluding hydrogens is 188 g/mol. The van der Waals surface area contributed by atoms with Crippen molar-refractivity contribution in [2.75, 3.05) is 13.2 Å². The molecule has 0 fully saturated rings. The highest BCUT2D eigenvalue weighted by atomic mass is 16.3. The van der Waals surface area contributed by atoms with Crippen LogP contribution >= 0.6 is 0 Å². The molecule has 1 heterocycles. The van der Waals surface area contributed by atoms with Crippen molar-refractivity contribution >= 4 is 10.9 Å². The van der Waals surface area contributed by atoms with Crippen LogP contribution in [-0.2, 0) is 0 Å². The molecule has 3 N–H and O–H groups in total. The maximum absolute atomic E-state index is 9.14. The van der Waals surface area contributed by atoms with Gasteiger partial charge in [-0.25, -0.2) is 0 Å². The Morgan fingerprint density at radius 3 is 2.87 bits per heavy atom. The Morgan fingerprint density at radius 1 is 1.33 bits per heavy atom. The normalized spacial score (nSPS) is 12.9. The van der Waals surface area contributed by atoms with Gasteiger partial charge in [0.25, 0.3) is 0 Å². The second-order valence-electron chi connectivity index (χ2n) is 3.58. The smallest absolute Gasteiger partial charge is 0.0702 e. The van der Waals surface area contributed by atoms with E-state index in [4.69, 9.17) is 10.8 Å². The second kappa shape index (κ2) is 4.38. The summed E-state index contributed by atoms with van der Waals surface area (Å²) in [5.74, 6) is -0.0119. The lowest BCUT2D eigenvalue weighted by atomic mass is 10.0. The predicted molar refractivity (Wildman–Crippen MR) is 60.6 cm³/mol. The highest BCUT2D eigenvalue weighted by molar-refractivity contribution is 5.78. The SMILES string of the molecule is NCC(CO)c1cnc2ccccc2c1. The molecule has 1 atom stereocenters. The minimum Gasteiger partial charge on any atom is -0.396 e. The number of fused-ring (bicyclic) bond motifs is 1. The Kier molecular flexibility index (Phi) is 2.94. The van der Waals surface area contributed by atoms with E-state index in [9.17, 15) is 0 Å². The zero-order chi connectivity index (χ0) is 10.7. The van der Waals surface area contributed by atoms with E-state index in [0.29, 0.717) is 6.54 Å². The van der Waals surface area contributed by atoms with Crippen molar-refractivity contribution in [3.8, 4) is 0 Å². The molecule has 3 nitrogen and oxygen atoms in total. The number of aliphatic hydroxyl groups excluding tert-OH is 1. The summed E-state index contributed by atoms with van der Waals surface area (Å²) < 4.78 is 0. The lowest BCUT2D eigenvalue weighted by Gasteiger charge is -2.11. The minimum atomic E-state index is -0.0119. The first-order valence-electron chi connectivity index (χ1n) is 5.00. The fourth-order valence-electron chi connectivity index (χ4n) is 1.63. The first-order chi connectivity index (χ1) is 7.35. The van der Waals surface area contributed by atoms with E-state index in [2.05, 4.69) is 4.98 Å². The molecule has 78 valence electrons. The number of nitrogens with two attached hydrogens (primary N) is 1. The molecule has 0 bridgehead atoms. The molecule has 1 aromatic heterocycles. The van der Waals surface area contributed by atoms with Crippen molar-refractivity contribution in [3.05, 3.63) is 42.1 Å². The van der Waals surface area contributed by atoms with Crippen molar-refractivity contribution in [1.82, 2.24) is 4.98 Å². The first-order valence-corrected chi connectivity index (χ1v) is 5.00. The third-order valence-corrected chi connectivity index (χ3v) is 2.59. The summed E-state index contributed by atoms with van der Waals surface area (Å²) in [5, 5.41) is 10.2. The Bertz CT molecular complexity index is 452. The molecule has 0 aliphatic rings. The number of benzene rings is 1. The molecule has 0 radical (unpaired) electrons. The summed E-state index contributed by atoms with van der Waals surface area (Å²) in [6.45, 7) is 0.507. The van der Waals surface area contributed by atoms with E-state index in [1.165, 1.54) is 0 Å². The van der Waals surface area contributed by atoms with Crippen molar-refractivity contribution in [2.24, 2.45) is 5.73 Å². The van der Waals surface area contributed by atoms with Crippen LogP contribution < -0.4 is 5.73 Å². The van der Waals surface area contributed by atoms with Gasteiger partial charge in [-0.2, -0.15) is 0 Å². The summed E-state index contributed by atoms with van der Waals surface area (Å²) in [4.78, 5) is 4.33. The van der Waals surface area contributed by atoms with E-state index in [1.807, 2.05) is 30.3 Å². The van der Waals surface area contributed by atoms with Crippen LogP contribution in [0.1, 0.15) is 11.5 Å². The standard InChI is InChI=1S/C12H14N2O/c13-6-11(8-15)10-5-9-3-1-2-4-12(9)14-7-10/h1-5,7,11,15H,6,8,13H2. The number of rotatable bonds is 3. The molecule has 0 saturated carbocycles. The molecule has 2 aromatic rings. The maximum Gasteiger partial charge on any atom is 0.0702 e. The minimum absolute atomic E-state index is 0.0119. The van der Waals surface area contributed by atoms with Crippen LogP contribution in [0.15, 0.2) is 36.5 Å². The molecule has 0 amide bonds. The van der Waals surface area contributed by atoms with Gasteiger partial charge in [-0.3, -0.25) is 4.98 Å². The molecule has 0 spiro atoms. The van der Waals surface area contributed by atoms with E-state index in [-0.39, 0.29) is 12.5 Å². The lowest BCUT2D eigenvalue weighted by Crippen LogP contribution is -2.16. The third kappa shape index (κ3) is 1.98. The van der Waals surface area contributed by atoms with Gasteiger partial charge < -0.3 is 10.8 Å². The van der Waals surface area contributed by atoms with Crippen LogP contribution in [0, 0.1) is 0 Å². The van der Waals surface area contributed by atoms with Crippen molar-refractivity contribution in [1.29, 1.82) is 0 Å². The monoisotopic (exact) mass is 202 g/mol. The molecule has 1 unspecified atom stereocenters. The Hall–Kier alpha value is -1.45. The van der Waals surface area contributed by atoms with Gasteiger partial charge in [-0.05, 0) is 17.7 Å². The molecular formula is C12H14N2O. The molecule has 0 aliphatic heterocycles. The van der Waals surface area contributed by atoms with Gasteiger partial charge in [-0.15, -0.1) is 0 Å². The number of pyridine rings is 1. The van der Waals surface area contributed by atoms with Crippen LogP contribution in [0.4, 0.5) is 0 Å². The zero-order valence-corrected chi connectivity index (χ0v) is 8.43. The highest BCUT2D eigenvalue weighted by Crippen LogP contribution is 2.18. The van der Waals surface area contributed by atoms with Crippen molar-refractivity contribution in [2.45, 2.75) is 5.92 Å². The van der Waals surface area contributed by atoms with Crippen LogP contribution in [0.5, 0.6) is 0 Å². The van der Waals surface area contributed by atoms with E-state index >= 15 is 0 Å². The highest BCUT2D eigenvalue weighted by Gasteiger charge is 2.08. The fraction of sp³-hybridized carbons (Fsp3) is 0.250. The molecule has 3 heteroatoms. The van der Waals surface area contributed by atoms with E-state index < -0.39 is 0 Å². The number of aromatic nitrogens is 1. The molecule has 15 heavy (non-hydrogen) atoms. The van der Waals surface area contributed by atoms with Gasteiger partial charge in [-0.1, -0.05) is 18.2 Å². The summed E-state index contributed by atoms with van der Waals surface area (Å²) in [5.41, 5.74) is 7.54. The summed E-state index contributed by atoms with van der Waals surface area (Å²) in [6, 6.07) is 9.95. The lowest BCUT2D eigenvalue weighted by molar-refractivity contribution is 0.267. The van der Waals surface area contributed by atoms with Gasteiger partial charge in [0.15, 0.2) is 0 Å². The first kappa shape index (κ1) is 10.1. The summed E-state index contributed by atoms with van der Waals surface area (Å²) in [6.07, 6.45) is 1.79. The largest absolute Gasteiger partial charge is 0.396 e. The van der Waals surface area contributed by atoms with Crippen LogP contribution in [0.2, 0.25) is 0 Å². The number of hydrogen-bond donors (Lipinski definition) is 2. The van der Waals surface area contributed by atoms with Gasteiger partial charge in [0.05, 0.1) is 12.1 Å². The third-order valence-electron chi connectivity index (χ3n) is 2.59. The van der Waals surface area contributed by atoms with Crippen LogP contribution in [0.3, 0.4) is 0 Å². The van der Waals surface area contributed by atoms with Crippen LogP contribution in [0.25, 0.3) is 10.9 Å². The summed E-state index contributed by atoms with van der Waals surface area (Å²) in [7, 11) is 0. The fourth-order valence-corrected chi connectivity index (χ4v) is 1.63. The van der Waals surface area contributed by atoms with Gasteiger partial charge in [0.1, 0.15) is 0 Å². The van der Waals surface area contributed by atoms with E-state index in [0.717, 1.165) is 16.5 Å². The molecule has 0 aliphatic carbocycles. The van der Waals surface area contributed by atoms with Crippen molar-refractivity contribution in [3.63, 3.8) is 0 Å². The molecule has 2 rings (SSSR count). The zero-order valence-electron chi connectivity index (χ0n) is 8.43. The average molecular weight is 202 g/mol. The Morgan fingerprint density at radius 2 is 2.13 bits per heavy atom. The van der Waals surface area contributed by atoms with Gasteiger partial charge in [0.2, 0.25) is 0 Å². The number of para-hydroxylation sites is 1. The maximum atomic E-state index is 9.14.